The van der Waals surface area contributed by atoms with Crippen molar-refractivity contribution in [2.24, 2.45) is 5.92 Å². The summed E-state index contributed by atoms with van der Waals surface area (Å²) in [5, 5.41) is 9.71. The van der Waals surface area contributed by atoms with Crippen molar-refractivity contribution in [2.45, 2.75) is 32.8 Å². The van der Waals surface area contributed by atoms with Crippen LogP contribution in [0.3, 0.4) is 0 Å². The van der Waals surface area contributed by atoms with Crippen LogP contribution in [0.15, 0.2) is 6.20 Å². The lowest BCUT2D eigenvalue weighted by atomic mass is 9.98. The van der Waals surface area contributed by atoms with Gasteiger partial charge in [0.2, 0.25) is 0 Å². The van der Waals surface area contributed by atoms with E-state index in [1.54, 1.807) is 6.20 Å². The zero-order valence-electron chi connectivity index (χ0n) is 7.40. The molecule has 12 heavy (non-hydrogen) atoms. The first-order valence-electron chi connectivity index (χ1n) is 4.21. The molecule has 68 valence electrons. The number of aliphatic hydroxyl groups excluding tert-OH is 1. The monoisotopic (exact) mass is 186 g/mol. The number of rotatable bonds is 4. The Kier molecular flexibility index (Phi) is 3.62. The van der Waals surface area contributed by atoms with Crippen molar-refractivity contribution < 1.29 is 5.11 Å². The molecule has 0 aromatic carbocycles. The molecule has 0 aliphatic rings. The van der Waals surface area contributed by atoms with Gasteiger partial charge in [-0.25, -0.2) is 0 Å². The summed E-state index contributed by atoms with van der Waals surface area (Å²) in [6.45, 7) is 4.15. The molecule has 1 aromatic rings. The van der Waals surface area contributed by atoms with Gasteiger partial charge in [-0.2, -0.15) is 8.75 Å². The third-order valence-corrected chi connectivity index (χ3v) is 2.46. The van der Waals surface area contributed by atoms with Crippen LogP contribution >= 0.6 is 11.7 Å². The Bertz CT molecular complexity index is 213. The first-order chi connectivity index (χ1) is 5.75. The van der Waals surface area contributed by atoms with Gasteiger partial charge in [0.05, 0.1) is 17.9 Å². The van der Waals surface area contributed by atoms with Crippen molar-refractivity contribution in [1.82, 2.24) is 8.75 Å². The quantitative estimate of drug-likeness (QED) is 0.782. The molecule has 4 heteroatoms. The van der Waals surface area contributed by atoms with Gasteiger partial charge in [-0.05, 0) is 12.3 Å². The van der Waals surface area contributed by atoms with Gasteiger partial charge < -0.3 is 5.11 Å². The first kappa shape index (κ1) is 9.61. The highest BCUT2D eigenvalue weighted by atomic mass is 32.1. The maximum absolute atomic E-state index is 9.71. The Morgan fingerprint density at radius 1 is 1.67 bits per heavy atom. The fourth-order valence-corrected chi connectivity index (χ4v) is 1.66. The number of nitrogens with zero attached hydrogens (tertiary/aromatic N) is 2. The molecule has 1 heterocycles. The van der Waals surface area contributed by atoms with Gasteiger partial charge in [0, 0.05) is 0 Å². The third kappa shape index (κ3) is 2.25. The normalized spacial score (nSPS) is 15.9. The van der Waals surface area contributed by atoms with Crippen molar-refractivity contribution >= 4 is 11.7 Å². The lowest BCUT2D eigenvalue weighted by Gasteiger charge is -2.14. The summed E-state index contributed by atoms with van der Waals surface area (Å²) < 4.78 is 7.86. The van der Waals surface area contributed by atoms with E-state index in [0.29, 0.717) is 5.69 Å². The molecule has 0 amide bonds. The molecule has 0 saturated heterocycles. The van der Waals surface area contributed by atoms with Crippen molar-refractivity contribution in [3.05, 3.63) is 11.9 Å². The van der Waals surface area contributed by atoms with E-state index in [1.807, 2.05) is 6.92 Å². The molecular formula is C8H14N2OS. The van der Waals surface area contributed by atoms with Crippen molar-refractivity contribution in [2.75, 3.05) is 0 Å². The molecule has 0 spiro atoms. The summed E-state index contributed by atoms with van der Waals surface area (Å²) in [5.41, 5.74) is 0.709. The maximum atomic E-state index is 9.71. The molecule has 0 aliphatic heterocycles. The lowest BCUT2D eigenvalue weighted by molar-refractivity contribution is 0.109. The molecule has 2 atom stereocenters. The molecule has 0 aliphatic carbocycles. The number of hydrogen-bond donors (Lipinski definition) is 1. The van der Waals surface area contributed by atoms with E-state index in [9.17, 15) is 5.11 Å². The van der Waals surface area contributed by atoms with Crippen molar-refractivity contribution in [3.63, 3.8) is 0 Å². The van der Waals surface area contributed by atoms with Gasteiger partial charge >= 0.3 is 0 Å². The minimum Gasteiger partial charge on any atom is -0.386 e. The van der Waals surface area contributed by atoms with E-state index in [0.717, 1.165) is 24.6 Å². The first-order valence-corrected chi connectivity index (χ1v) is 4.94. The molecule has 0 radical (unpaired) electrons. The summed E-state index contributed by atoms with van der Waals surface area (Å²) in [4.78, 5) is 0. The van der Waals surface area contributed by atoms with Gasteiger partial charge in [0.1, 0.15) is 11.8 Å². The van der Waals surface area contributed by atoms with Crippen molar-refractivity contribution in [1.29, 1.82) is 0 Å². The average Bonchev–Trinajstić information content (AvgIpc) is 2.55. The Morgan fingerprint density at radius 2 is 2.42 bits per heavy atom. The van der Waals surface area contributed by atoms with Crippen LogP contribution in [0.5, 0.6) is 0 Å². The van der Waals surface area contributed by atoms with Crippen LogP contribution in [-0.2, 0) is 0 Å². The molecule has 2 unspecified atom stereocenters. The van der Waals surface area contributed by atoms with Gasteiger partial charge in [-0.15, -0.1) is 0 Å². The Labute approximate surface area is 76.8 Å². The van der Waals surface area contributed by atoms with E-state index in [1.165, 1.54) is 0 Å². The lowest BCUT2D eigenvalue weighted by Crippen LogP contribution is -2.08. The van der Waals surface area contributed by atoms with Gasteiger partial charge in [0.15, 0.2) is 0 Å². The maximum Gasteiger partial charge on any atom is 0.103 e. The third-order valence-electron chi connectivity index (χ3n) is 1.96. The molecular weight excluding hydrogens is 172 g/mol. The van der Waals surface area contributed by atoms with Gasteiger partial charge in [0.25, 0.3) is 0 Å². The van der Waals surface area contributed by atoms with E-state index in [-0.39, 0.29) is 5.92 Å². The Morgan fingerprint density at radius 3 is 2.92 bits per heavy atom. The molecule has 1 aromatic heterocycles. The largest absolute Gasteiger partial charge is 0.386 e. The summed E-state index contributed by atoms with van der Waals surface area (Å²) in [6.07, 6.45) is 3.32. The van der Waals surface area contributed by atoms with E-state index in [4.69, 9.17) is 0 Å². The predicted octanol–water partition coefficient (Wildman–Crippen LogP) is 2.01. The van der Waals surface area contributed by atoms with Crippen LogP contribution in [0, 0.1) is 5.92 Å². The second-order valence-corrected chi connectivity index (χ2v) is 3.60. The second-order valence-electron chi connectivity index (χ2n) is 3.04. The average molecular weight is 186 g/mol. The topological polar surface area (TPSA) is 46.0 Å². The molecule has 0 bridgehead atoms. The second kappa shape index (κ2) is 4.52. The smallest absolute Gasteiger partial charge is 0.103 e. The van der Waals surface area contributed by atoms with E-state index >= 15 is 0 Å². The summed E-state index contributed by atoms with van der Waals surface area (Å²) in [5.74, 6) is 0.277. The zero-order chi connectivity index (χ0) is 8.97. The highest BCUT2D eigenvalue weighted by Gasteiger charge is 2.17. The highest BCUT2D eigenvalue weighted by molar-refractivity contribution is 6.99. The van der Waals surface area contributed by atoms with E-state index in [2.05, 4.69) is 15.7 Å². The van der Waals surface area contributed by atoms with Crippen molar-refractivity contribution in [3.8, 4) is 0 Å². The minimum atomic E-state index is -0.441. The SMILES string of the molecule is CCCC(C)C(O)c1cnsn1. The fraction of sp³-hybridized carbons (Fsp3) is 0.750. The van der Waals surface area contributed by atoms with Gasteiger partial charge in [-0.1, -0.05) is 20.3 Å². The van der Waals surface area contributed by atoms with Gasteiger partial charge in [-0.3, -0.25) is 0 Å². The number of hydrogen-bond acceptors (Lipinski definition) is 4. The standard InChI is InChI=1S/C8H14N2OS/c1-3-4-6(2)8(11)7-5-9-12-10-7/h5-6,8,11H,3-4H2,1-2H3. The van der Waals surface area contributed by atoms with Crippen LogP contribution in [0.4, 0.5) is 0 Å². The van der Waals surface area contributed by atoms with E-state index < -0.39 is 6.10 Å². The molecule has 1 rings (SSSR count). The molecule has 0 saturated carbocycles. The summed E-state index contributed by atoms with van der Waals surface area (Å²) in [7, 11) is 0. The van der Waals surface area contributed by atoms with Crippen LogP contribution in [0.2, 0.25) is 0 Å². The number of aromatic nitrogens is 2. The van der Waals surface area contributed by atoms with Crippen LogP contribution < -0.4 is 0 Å². The molecule has 3 nitrogen and oxygen atoms in total. The molecule has 1 N–H and O–H groups in total. The van der Waals surface area contributed by atoms with Crippen LogP contribution in [0.1, 0.15) is 38.5 Å². The zero-order valence-corrected chi connectivity index (χ0v) is 8.21. The van der Waals surface area contributed by atoms with Crippen LogP contribution in [0.25, 0.3) is 0 Å². The summed E-state index contributed by atoms with van der Waals surface area (Å²) in [6, 6.07) is 0. The number of aliphatic hydroxyl groups is 1. The highest BCUT2D eigenvalue weighted by Crippen LogP contribution is 2.23. The minimum absolute atomic E-state index is 0.277. The fourth-order valence-electron chi connectivity index (χ4n) is 1.21. The Hall–Kier alpha value is -0.480. The Balaban J connectivity index is 2.53. The molecule has 0 fully saturated rings. The van der Waals surface area contributed by atoms with Crippen LogP contribution in [-0.4, -0.2) is 13.9 Å². The summed E-state index contributed by atoms with van der Waals surface area (Å²) >= 11 is 1.14. The predicted molar refractivity (Wildman–Crippen MR) is 48.9 cm³/mol.